The molecule has 0 amide bonds. The predicted octanol–water partition coefficient (Wildman–Crippen LogP) is 5.09. The summed E-state index contributed by atoms with van der Waals surface area (Å²) >= 11 is 0. The van der Waals surface area contributed by atoms with Crippen LogP contribution in [0, 0.1) is 11.8 Å². The average Bonchev–Trinajstić information content (AvgIpc) is 3.27. The molecule has 1 unspecified atom stereocenters. The molecule has 0 saturated carbocycles. The summed E-state index contributed by atoms with van der Waals surface area (Å²) in [7, 11) is 0. The van der Waals surface area contributed by atoms with Gasteiger partial charge in [0, 0.05) is 31.1 Å². The average molecular weight is 460 g/mol. The standard InChI is InChI=1S/C26H35F2N3O2/c1-18-6-4-7-20(16-18)23(25(32)33)31-15-12-21(17-31)26(27,28)13-3-2-9-22-11-10-19-8-5-14-29-24(19)30-22/h4,6-7,10-11,18,21,23H,2-3,5,8-9,12-17H2,1H3,(H,29,30)(H,32,33)/t18?,21-,23-/m1/s1. The first-order valence-electron chi connectivity index (χ1n) is 12.3. The zero-order chi connectivity index (χ0) is 23.4. The van der Waals surface area contributed by atoms with Crippen molar-refractivity contribution in [3.63, 3.8) is 0 Å². The van der Waals surface area contributed by atoms with Gasteiger partial charge in [0.25, 0.3) is 5.92 Å². The van der Waals surface area contributed by atoms with E-state index in [0.717, 1.165) is 36.5 Å². The summed E-state index contributed by atoms with van der Waals surface area (Å²) in [5, 5.41) is 13.1. The van der Waals surface area contributed by atoms with Crippen LogP contribution in [0.5, 0.6) is 0 Å². The van der Waals surface area contributed by atoms with Crippen molar-refractivity contribution in [3.05, 3.63) is 47.2 Å². The van der Waals surface area contributed by atoms with Crippen molar-refractivity contribution in [2.45, 2.75) is 70.3 Å². The van der Waals surface area contributed by atoms with Gasteiger partial charge in [0.1, 0.15) is 11.9 Å². The molecule has 180 valence electrons. The van der Waals surface area contributed by atoms with Crippen LogP contribution < -0.4 is 5.32 Å². The van der Waals surface area contributed by atoms with E-state index in [1.165, 1.54) is 5.56 Å². The van der Waals surface area contributed by atoms with Gasteiger partial charge in [-0.1, -0.05) is 31.2 Å². The highest BCUT2D eigenvalue weighted by molar-refractivity contribution is 5.78. The number of fused-ring (bicyclic) bond motifs is 1. The number of aromatic nitrogens is 1. The number of rotatable bonds is 9. The molecule has 1 aromatic heterocycles. The number of unbranched alkanes of at least 4 members (excludes halogenated alkanes) is 1. The summed E-state index contributed by atoms with van der Waals surface area (Å²) in [6.45, 7) is 3.51. The molecule has 2 aliphatic heterocycles. The number of nitrogens with one attached hydrogen (secondary N) is 1. The van der Waals surface area contributed by atoms with Crippen molar-refractivity contribution in [3.8, 4) is 0 Å². The summed E-state index contributed by atoms with van der Waals surface area (Å²) < 4.78 is 30.0. The fourth-order valence-corrected chi connectivity index (χ4v) is 5.37. The van der Waals surface area contributed by atoms with Crippen LogP contribution in [0.1, 0.15) is 56.7 Å². The Kier molecular flexibility index (Phi) is 7.47. The Balaban J connectivity index is 1.28. The van der Waals surface area contributed by atoms with Gasteiger partial charge in [-0.25, -0.2) is 13.8 Å². The summed E-state index contributed by atoms with van der Waals surface area (Å²) in [5.74, 6) is -3.30. The Bertz CT molecular complexity index is 915. The SMILES string of the molecule is CC1C=CC=C([C@H](C(=O)O)N2CC[C@@H](C(F)(F)CCCCc3ccc4c(n3)NCCC4)C2)C1. The van der Waals surface area contributed by atoms with E-state index in [9.17, 15) is 18.7 Å². The number of aliphatic carboxylic acids is 1. The molecule has 7 heteroatoms. The molecule has 2 N–H and O–H groups in total. The van der Waals surface area contributed by atoms with E-state index in [1.807, 2.05) is 31.2 Å². The van der Waals surface area contributed by atoms with E-state index in [1.54, 1.807) is 4.90 Å². The second-order valence-corrected chi connectivity index (χ2v) is 9.84. The van der Waals surface area contributed by atoms with Crippen LogP contribution in [0.15, 0.2) is 35.9 Å². The maximum absolute atomic E-state index is 15.0. The first-order chi connectivity index (χ1) is 15.8. The minimum atomic E-state index is -2.78. The number of pyridine rings is 1. The first-order valence-corrected chi connectivity index (χ1v) is 12.3. The molecule has 3 atom stereocenters. The maximum Gasteiger partial charge on any atom is 0.325 e. The number of carbonyl (C=O) groups is 1. The molecule has 1 saturated heterocycles. The number of allylic oxidation sites excluding steroid dienone is 3. The second kappa shape index (κ2) is 10.3. The van der Waals surface area contributed by atoms with E-state index in [4.69, 9.17) is 0 Å². The van der Waals surface area contributed by atoms with Gasteiger partial charge < -0.3 is 10.4 Å². The number of halogens is 2. The third kappa shape index (κ3) is 5.81. The highest BCUT2D eigenvalue weighted by Gasteiger charge is 2.45. The van der Waals surface area contributed by atoms with Crippen molar-refractivity contribution in [2.75, 3.05) is 25.0 Å². The van der Waals surface area contributed by atoms with Crippen molar-refractivity contribution in [1.82, 2.24) is 9.88 Å². The van der Waals surface area contributed by atoms with Crippen molar-refractivity contribution >= 4 is 11.8 Å². The molecule has 3 aliphatic rings. The molecule has 0 spiro atoms. The molecule has 1 aromatic rings. The Hall–Kier alpha value is -2.28. The number of likely N-dealkylation sites (tertiary alicyclic amines) is 1. The van der Waals surface area contributed by atoms with Crippen molar-refractivity contribution in [1.29, 1.82) is 0 Å². The molecule has 0 bridgehead atoms. The van der Waals surface area contributed by atoms with Gasteiger partial charge in [0.2, 0.25) is 0 Å². The van der Waals surface area contributed by atoms with E-state index in [-0.39, 0.29) is 18.9 Å². The summed E-state index contributed by atoms with van der Waals surface area (Å²) in [6.07, 6.45) is 10.6. The highest BCUT2D eigenvalue weighted by Crippen LogP contribution is 2.38. The van der Waals surface area contributed by atoms with Gasteiger partial charge in [0.05, 0.1) is 0 Å². The molecular weight excluding hydrogens is 424 g/mol. The van der Waals surface area contributed by atoms with E-state index >= 15 is 0 Å². The van der Waals surface area contributed by atoms with E-state index in [2.05, 4.69) is 16.4 Å². The number of carboxylic acids is 1. The van der Waals surface area contributed by atoms with Gasteiger partial charge >= 0.3 is 5.97 Å². The normalized spacial score (nSPS) is 24.2. The van der Waals surface area contributed by atoms with Crippen molar-refractivity contribution in [2.24, 2.45) is 11.8 Å². The Morgan fingerprint density at radius 2 is 2.21 bits per heavy atom. The Morgan fingerprint density at radius 1 is 1.36 bits per heavy atom. The fraction of sp³-hybridized carbons (Fsp3) is 0.615. The van der Waals surface area contributed by atoms with Gasteiger partial charge in [-0.15, -0.1) is 0 Å². The molecule has 33 heavy (non-hydrogen) atoms. The number of aryl methyl sites for hydroxylation is 2. The topological polar surface area (TPSA) is 65.5 Å². The van der Waals surface area contributed by atoms with Crippen LogP contribution in [-0.4, -0.2) is 52.6 Å². The lowest BCUT2D eigenvalue weighted by atomic mass is 9.90. The second-order valence-electron chi connectivity index (χ2n) is 9.84. The number of carboxylic acid groups (broad SMARTS) is 1. The number of anilines is 1. The van der Waals surface area contributed by atoms with Crippen LogP contribution in [0.2, 0.25) is 0 Å². The van der Waals surface area contributed by atoms with Crippen molar-refractivity contribution < 1.29 is 18.7 Å². The summed E-state index contributed by atoms with van der Waals surface area (Å²) in [4.78, 5) is 18.4. The molecule has 1 aliphatic carbocycles. The van der Waals surface area contributed by atoms with Gasteiger partial charge in [0.15, 0.2) is 0 Å². The van der Waals surface area contributed by atoms with Crippen LogP contribution in [0.4, 0.5) is 14.6 Å². The number of alkyl halides is 2. The predicted molar refractivity (Wildman–Crippen MR) is 126 cm³/mol. The fourth-order valence-electron chi connectivity index (χ4n) is 5.37. The highest BCUT2D eigenvalue weighted by atomic mass is 19.3. The monoisotopic (exact) mass is 459 g/mol. The van der Waals surface area contributed by atoms with Crippen LogP contribution >= 0.6 is 0 Å². The van der Waals surface area contributed by atoms with Gasteiger partial charge in [-0.2, -0.15) is 0 Å². The minimum absolute atomic E-state index is 0.136. The third-order valence-electron chi connectivity index (χ3n) is 7.22. The van der Waals surface area contributed by atoms with Crippen LogP contribution in [0.3, 0.4) is 0 Å². The summed E-state index contributed by atoms with van der Waals surface area (Å²) in [5.41, 5.74) is 3.00. The molecule has 4 rings (SSSR count). The Morgan fingerprint density at radius 3 is 3.00 bits per heavy atom. The first kappa shape index (κ1) is 23.9. The van der Waals surface area contributed by atoms with E-state index in [0.29, 0.717) is 38.6 Å². The number of nitrogens with zero attached hydrogens (tertiary/aromatic N) is 2. The van der Waals surface area contributed by atoms with E-state index < -0.39 is 23.9 Å². The minimum Gasteiger partial charge on any atom is -0.480 e. The number of hydrogen-bond donors (Lipinski definition) is 2. The molecular formula is C26H35F2N3O2. The zero-order valence-electron chi connectivity index (χ0n) is 19.4. The maximum atomic E-state index is 15.0. The lowest BCUT2D eigenvalue weighted by Crippen LogP contribution is -2.43. The lowest BCUT2D eigenvalue weighted by Gasteiger charge is -2.30. The van der Waals surface area contributed by atoms with Crippen LogP contribution in [-0.2, 0) is 17.6 Å². The molecule has 0 radical (unpaired) electrons. The quantitative estimate of drug-likeness (QED) is 0.504. The summed E-state index contributed by atoms with van der Waals surface area (Å²) in [6, 6.07) is 3.31. The molecule has 0 aromatic carbocycles. The lowest BCUT2D eigenvalue weighted by molar-refractivity contribution is -0.142. The molecule has 5 nitrogen and oxygen atoms in total. The number of hydrogen-bond acceptors (Lipinski definition) is 4. The van der Waals surface area contributed by atoms with Crippen LogP contribution in [0.25, 0.3) is 0 Å². The molecule has 1 fully saturated rings. The van der Waals surface area contributed by atoms with Gasteiger partial charge in [-0.3, -0.25) is 9.69 Å². The zero-order valence-corrected chi connectivity index (χ0v) is 19.4. The third-order valence-corrected chi connectivity index (χ3v) is 7.22. The smallest absolute Gasteiger partial charge is 0.325 e. The largest absolute Gasteiger partial charge is 0.480 e. The molecule has 3 heterocycles. The Labute approximate surface area is 195 Å². The van der Waals surface area contributed by atoms with Gasteiger partial charge in [-0.05, 0) is 74.6 Å².